The van der Waals surface area contributed by atoms with E-state index in [0.29, 0.717) is 6.42 Å². The van der Waals surface area contributed by atoms with E-state index in [1.807, 2.05) is 30.3 Å². The van der Waals surface area contributed by atoms with E-state index in [9.17, 15) is 9.18 Å². The van der Waals surface area contributed by atoms with Crippen molar-refractivity contribution in [3.63, 3.8) is 0 Å². The molecule has 130 valence electrons. The molecule has 25 heavy (non-hydrogen) atoms. The molecule has 1 heterocycles. The number of methoxy groups -OCH3 is 1. The minimum absolute atomic E-state index is 0.0495. The van der Waals surface area contributed by atoms with E-state index >= 15 is 0 Å². The molecule has 2 unspecified atom stereocenters. The molecule has 0 radical (unpaired) electrons. The van der Waals surface area contributed by atoms with Crippen LogP contribution < -0.4 is 20.9 Å². The van der Waals surface area contributed by atoms with Gasteiger partial charge in [0.1, 0.15) is 11.6 Å². The third-order valence-corrected chi connectivity index (χ3v) is 4.01. The molecule has 2 aromatic carbocycles. The van der Waals surface area contributed by atoms with Crippen molar-refractivity contribution >= 4 is 12.0 Å². The molecule has 3 N–H and O–H groups in total. The van der Waals surface area contributed by atoms with Crippen LogP contribution in [-0.4, -0.2) is 19.2 Å². The first-order valence-corrected chi connectivity index (χ1v) is 8.03. The van der Waals surface area contributed by atoms with Crippen LogP contribution in [0.5, 0.6) is 5.75 Å². The number of carbonyl (C=O) groups is 1. The van der Waals surface area contributed by atoms with Crippen LogP contribution in [0.15, 0.2) is 54.6 Å². The highest BCUT2D eigenvalue weighted by Gasteiger charge is 2.25. The van der Waals surface area contributed by atoms with Gasteiger partial charge in [0.25, 0.3) is 0 Å². The minimum atomic E-state index is -0.269. The average molecular weight is 341 g/mol. The molecule has 2 atom stereocenters. The van der Waals surface area contributed by atoms with E-state index in [2.05, 4.69) is 16.2 Å². The molecule has 6 heteroatoms. The second kappa shape index (κ2) is 7.92. The van der Waals surface area contributed by atoms with Gasteiger partial charge < -0.3 is 10.1 Å². The van der Waals surface area contributed by atoms with Crippen molar-refractivity contribution in [1.29, 1.82) is 0 Å². The Labute approximate surface area is 145 Å². The molecule has 0 spiro atoms. The highest BCUT2D eigenvalue weighted by Crippen LogP contribution is 2.21. The molecule has 1 saturated heterocycles. The van der Waals surface area contributed by atoms with Crippen molar-refractivity contribution in [2.45, 2.75) is 18.6 Å². The summed E-state index contributed by atoms with van der Waals surface area (Å²) in [7, 11) is 1.61. The number of rotatable bonds is 5. The largest absolute Gasteiger partial charge is 0.497 e. The second-order valence-electron chi connectivity index (χ2n) is 5.80. The van der Waals surface area contributed by atoms with Gasteiger partial charge in [0, 0.05) is 18.5 Å². The SMILES string of the molecule is COc1ccc(/C=C/C(=O)NC2CC(c3cccc(F)c3)NN2)cc1. The summed E-state index contributed by atoms with van der Waals surface area (Å²) < 4.78 is 18.4. The average Bonchev–Trinajstić information content (AvgIpc) is 3.09. The van der Waals surface area contributed by atoms with Crippen molar-refractivity contribution in [1.82, 2.24) is 16.2 Å². The number of amides is 1. The third-order valence-electron chi connectivity index (χ3n) is 4.01. The highest BCUT2D eigenvalue weighted by atomic mass is 19.1. The van der Waals surface area contributed by atoms with Gasteiger partial charge in [0.2, 0.25) is 5.91 Å². The van der Waals surface area contributed by atoms with Gasteiger partial charge in [-0.3, -0.25) is 4.79 Å². The summed E-state index contributed by atoms with van der Waals surface area (Å²) in [5.41, 5.74) is 7.84. The Hall–Kier alpha value is -2.70. The topological polar surface area (TPSA) is 62.4 Å². The van der Waals surface area contributed by atoms with Crippen LogP contribution in [0, 0.1) is 5.82 Å². The Morgan fingerprint density at radius 3 is 2.76 bits per heavy atom. The lowest BCUT2D eigenvalue weighted by Gasteiger charge is -2.10. The highest BCUT2D eigenvalue weighted by molar-refractivity contribution is 5.91. The van der Waals surface area contributed by atoms with Gasteiger partial charge in [-0.1, -0.05) is 24.3 Å². The Morgan fingerprint density at radius 1 is 1.24 bits per heavy atom. The van der Waals surface area contributed by atoms with Crippen LogP contribution in [0.3, 0.4) is 0 Å². The molecule has 0 bridgehead atoms. The molecule has 5 nitrogen and oxygen atoms in total. The number of nitrogens with one attached hydrogen (secondary N) is 3. The van der Waals surface area contributed by atoms with Gasteiger partial charge >= 0.3 is 0 Å². The predicted octanol–water partition coefficient (Wildman–Crippen LogP) is 2.53. The molecule has 2 aromatic rings. The number of halogens is 1. The molecule has 1 aliphatic heterocycles. The first-order valence-electron chi connectivity index (χ1n) is 8.03. The summed E-state index contributed by atoms with van der Waals surface area (Å²) in [6, 6.07) is 13.8. The van der Waals surface area contributed by atoms with Crippen LogP contribution >= 0.6 is 0 Å². The molecule has 3 rings (SSSR count). The first-order chi connectivity index (χ1) is 12.1. The molecular formula is C19H20FN3O2. The van der Waals surface area contributed by atoms with Crippen molar-refractivity contribution in [3.8, 4) is 5.75 Å². The Balaban J connectivity index is 1.52. The molecule has 0 aromatic heterocycles. The summed E-state index contributed by atoms with van der Waals surface area (Å²) in [5, 5.41) is 2.87. The summed E-state index contributed by atoms with van der Waals surface area (Å²) in [5.74, 6) is 0.301. The van der Waals surface area contributed by atoms with Crippen LogP contribution in [0.4, 0.5) is 4.39 Å². The lowest BCUT2D eigenvalue weighted by molar-refractivity contribution is -0.117. The number of benzene rings is 2. The van der Waals surface area contributed by atoms with Gasteiger partial charge in [0.15, 0.2) is 0 Å². The monoisotopic (exact) mass is 341 g/mol. The zero-order chi connectivity index (χ0) is 17.6. The Morgan fingerprint density at radius 2 is 2.04 bits per heavy atom. The van der Waals surface area contributed by atoms with Crippen molar-refractivity contribution in [2.24, 2.45) is 0 Å². The number of hydrogen-bond donors (Lipinski definition) is 3. The van der Waals surface area contributed by atoms with Crippen LogP contribution in [0.1, 0.15) is 23.6 Å². The number of hydrazine groups is 1. The zero-order valence-corrected chi connectivity index (χ0v) is 13.8. The molecule has 1 aliphatic rings. The fourth-order valence-electron chi connectivity index (χ4n) is 2.70. The second-order valence-corrected chi connectivity index (χ2v) is 5.80. The van der Waals surface area contributed by atoms with E-state index in [1.54, 1.807) is 19.3 Å². The van der Waals surface area contributed by atoms with Gasteiger partial charge in [-0.05, 0) is 41.5 Å². The number of ether oxygens (including phenoxy) is 1. The predicted molar refractivity (Wildman–Crippen MR) is 94.0 cm³/mol. The fraction of sp³-hybridized carbons (Fsp3) is 0.211. The summed E-state index contributed by atoms with van der Waals surface area (Å²) >= 11 is 0. The van der Waals surface area contributed by atoms with Crippen LogP contribution in [0.2, 0.25) is 0 Å². The van der Waals surface area contributed by atoms with E-state index in [4.69, 9.17) is 4.74 Å². The summed E-state index contributed by atoms with van der Waals surface area (Å²) in [6.45, 7) is 0. The maximum absolute atomic E-state index is 13.3. The maximum atomic E-state index is 13.3. The summed E-state index contributed by atoms with van der Waals surface area (Å²) in [4.78, 5) is 12.0. The lowest BCUT2D eigenvalue weighted by atomic mass is 10.0. The van der Waals surface area contributed by atoms with E-state index in [-0.39, 0.29) is 23.9 Å². The molecule has 1 fully saturated rings. The van der Waals surface area contributed by atoms with Gasteiger partial charge in [-0.2, -0.15) is 0 Å². The minimum Gasteiger partial charge on any atom is -0.497 e. The van der Waals surface area contributed by atoms with Gasteiger partial charge in [-0.15, -0.1) is 0 Å². The normalized spacial score (nSPS) is 19.9. The molecule has 1 amide bonds. The van der Waals surface area contributed by atoms with E-state index in [1.165, 1.54) is 18.2 Å². The number of hydrogen-bond acceptors (Lipinski definition) is 4. The lowest BCUT2D eigenvalue weighted by Crippen LogP contribution is -2.43. The molecule has 0 aliphatic carbocycles. The van der Waals surface area contributed by atoms with Crippen LogP contribution in [0.25, 0.3) is 6.08 Å². The molecule has 0 saturated carbocycles. The van der Waals surface area contributed by atoms with Crippen LogP contribution in [-0.2, 0) is 4.79 Å². The van der Waals surface area contributed by atoms with E-state index in [0.717, 1.165) is 16.9 Å². The summed E-state index contributed by atoms with van der Waals surface area (Å²) in [6.07, 6.45) is 3.63. The zero-order valence-electron chi connectivity index (χ0n) is 13.8. The third kappa shape index (κ3) is 4.65. The smallest absolute Gasteiger partial charge is 0.245 e. The first kappa shape index (κ1) is 17.1. The quantitative estimate of drug-likeness (QED) is 0.732. The maximum Gasteiger partial charge on any atom is 0.245 e. The van der Waals surface area contributed by atoms with Gasteiger partial charge in [0.05, 0.1) is 13.3 Å². The molecular weight excluding hydrogens is 321 g/mol. The van der Waals surface area contributed by atoms with Crippen molar-refractivity contribution < 1.29 is 13.9 Å². The van der Waals surface area contributed by atoms with Crippen molar-refractivity contribution in [3.05, 3.63) is 71.6 Å². The number of carbonyl (C=O) groups excluding carboxylic acids is 1. The van der Waals surface area contributed by atoms with Crippen molar-refractivity contribution in [2.75, 3.05) is 7.11 Å². The standard InChI is InChI=1S/C19H20FN3O2/c1-25-16-8-5-13(6-9-16)7-10-19(24)21-18-12-17(22-23-18)14-3-2-4-15(20)11-14/h2-11,17-18,22-23H,12H2,1H3,(H,21,24)/b10-7+. The fourth-order valence-corrected chi connectivity index (χ4v) is 2.70. The van der Waals surface area contributed by atoms with E-state index < -0.39 is 0 Å². The Kier molecular flexibility index (Phi) is 5.42. The van der Waals surface area contributed by atoms with Gasteiger partial charge in [-0.25, -0.2) is 15.2 Å². The Bertz CT molecular complexity index is 762.